The summed E-state index contributed by atoms with van der Waals surface area (Å²) in [7, 11) is 0. The Balaban J connectivity index is 1.76. The molecule has 0 amide bonds. The van der Waals surface area contributed by atoms with Gasteiger partial charge in [0, 0.05) is 35.3 Å². The first kappa shape index (κ1) is 20.7. The van der Waals surface area contributed by atoms with Crippen molar-refractivity contribution in [2.24, 2.45) is 0 Å². The molecule has 1 aromatic carbocycles. The fourth-order valence-electron chi connectivity index (χ4n) is 4.47. The third kappa shape index (κ3) is 3.58. The molecular formula is C27H23N5O. The average Bonchev–Trinajstić information content (AvgIpc) is 3.39. The van der Waals surface area contributed by atoms with Crippen LogP contribution < -0.4 is 0 Å². The Morgan fingerprint density at radius 1 is 1.06 bits per heavy atom. The molecule has 4 aromatic heterocycles. The van der Waals surface area contributed by atoms with Crippen molar-refractivity contribution >= 4 is 11.0 Å². The third-order valence-electron chi connectivity index (χ3n) is 6.07. The van der Waals surface area contributed by atoms with E-state index in [0.29, 0.717) is 5.56 Å². The lowest BCUT2D eigenvalue weighted by Gasteiger charge is -2.18. The molecule has 0 bridgehead atoms. The topological polar surface area (TPSA) is 80.5 Å². The van der Waals surface area contributed by atoms with E-state index in [1.165, 1.54) is 0 Å². The van der Waals surface area contributed by atoms with Crippen molar-refractivity contribution in [3.8, 4) is 28.3 Å². The molecule has 6 heteroatoms. The molecule has 0 aliphatic carbocycles. The van der Waals surface area contributed by atoms with Gasteiger partial charge in [-0.2, -0.15) is 5.26 Å². The number of pyridine rings is 2. The number of fused-ring (bicyclic) bond motifs is 1. The van der Waals surface area contributed by atoms with Crippen molar-refractivity contribution < 1.29 is 4.52 Å². The maximum atomic E-state index is 9.19. The molecule has 0 saturated carbocycles. The standard InChI is InChI=1S/C27H23N5O/c1-4-24(23-7-5-6-12-29-23)32-16-22(20-10-8-19(14-28)9-11-20)27-25(32)13-21(15-30-27)26-17(2)31-33-18(26)3/h5-13,15-16,24H,4H2,1-3H3/t24-/m0/s1. The molecule has 5 aromatic rings. The normalized spacial score (nSPS) is 12.1. The first-order chi connectivity index (χ1) is 16.1. The smallest absolute Gasteiger partial charge is 0.141 e. The molecular weight excluding hydrogens is 410 g/mol. The van der Waals surface area contributed by atoms with E-state index in [0.717, 1.165) is 56.9 Å². The second kappa shape index (κ2) is 8.36. The predicted molar refractivity (Wildman–Crippen MR) is 128 cm³/mol. The molecule has 162 valence electrons. The lowest BCUT2D eigenvalue weighted by molar-refractivity contribution is 0.393. The van der Waals surface area contributed by atoms with Crippen LogP contribution in [0.25, 0.3) is 33.3 Å². The molecule has 1 atom stereocenters. The number of hydrogen-bond acceptors (Lipinski definition) is 5. The lowest BCUT2D eigenvalue weighted by Crippen LogP contribution is -2.10. The highest BCUT2D eigenvalue weighted by molar-refractivity contribution is 5.95. The van der Waals surface area contributed by atoms with Gasteiger partial charge in [0.1, 0.15) is 5.76 Å². The van der Waals surface area contributed by atoms with Crippen LogP contribution in [0.4, 0.5) is 0 Å². The summed E-state index contributed by atoms with van der Waals surface area (Å²) in [5.74, 6) is 0.774. The van der Waals surface area contributed by atoms with Gasteiger partial charge in [-0.05, 0) is 56.2 Å². The molecule has 0 saturated heterocycles. The van der Waals surface area contributed by atoms with Gasteiger partial charge in [0.2, 0.25) is 0 Å². The van der Waals surface area contributed by atoms with E-state index in [4.69, 9.17) is 9.51 Å². The zero-order valence-corrected chi connectivity index (χ0v) is 18.8. The quantitative estimate of drug-likeness (QED) is 0.328. The first-order valence-electron chi connectivity index (χ1n) is 11.0. The minimum absolute atomic E-state index is 0.0579. The van der Waals surface area contributed by atoms with Gasteiger partial charge < -0.3 is 9.09 Å². The van der Waals surface area contributed by atoms with Crippen molar-refractivity contribution in [2.45, 2.75) is 33.2 Å². The zero-order valence-electron chi connectivity index (χ0n) is 18.8. The molecule has 0 N–H and O–H groups in total. The summed E-state index contributed by atoms with van der Waals surface area (Å²) in [6.45, 7) is 6.03. The Bertz CT molecular complexity index is 1450. The first-order valence-corrected chi connectivity index (χ1v) is 11.0. The van der Waals surface area contributed by atoms with Crippen molar-refractivity contribution in [2.75, 3.05) is 0 Å². The number of benzene rings is 1. The minimum Gasteiger partial charge on any atom is -0.361 e. The van der Waals surface area contributed by atoms with Gasteiger partial charge >= 0.3 is 0 Å². The second-order valence-electron chi connectivity index (χ2n) is 8.11. The largest absolute Gasteiger partial charge is 0.361 e. The molecule has 6 nitrogen and oxygen atoms in total. The summed E-state index contributed by atoms with van der Waals surface area (Å²) < 4.78 is 7.67. The van der Waals surface area contributed by atoms with Gasteiger partial charge in [-0.25, -0.2) is 0 Å². The van der Waals surface area contributed by atoms with Gasteiger partial charge in [-0.3, -0.25) is 9.97 Å². The minimum atomic E-state index is 0.0579. The predicted octanol–water partition coefficient (Wildman–Crippen LogP) is 6.24. The van der Waals surface area contributed by atoms with E-state index in [9.17, 15) is 5.26 Å². The van der Waals surface area contributed by atoms with Crippen molar-refractivity contribution in [1.29, 1.82) is 5.26 Å². The Labute approximate surface area is 192 Å². The van der Waals surface area contributed by atoms with E-state index in [-0.39, 0.29) is 6.04 Å². The van der Waals surface area contributed by atoms with Crippen LogP contribution in [0.3, 0.4) is 0 Å². The highest BCUT2D eigenvalue weighted by atomic mass is 16.5. The zero-order chi connectivity index (χ0) is 22.9. The molecule has 0 spiro atoms. The number of nitriles is 1. The van der Waals surface area contributed by atoms with Crippen LogP contribution in [0.2, 0.25) is 0 Å². The second-order valence-corrected chi connectivity index (χ2v) is 8.11. The molecule has 0 unspecified atom stereocenters. The SMILES string of the molecule is CC[C@@H](c1ccccn1)n1cc(-c2ccc(C#N)cc2)c2ncc(-c3c(C)noc3C)cc21. The number of aryl methyl sites for hydroxylation is 2. The Morgan fingerprint density at radius 2 is 1.88 bits per heavy atom. The van der Waals surface area contributed by atoms with E-state index in [1.54, 1.807) is 0 Å². The highest BCUT2D eigenvalue weighted by Gasteiger charge is 2.21. The molecule has 4 heterocycles. The molecule has 5 rings (SSSR count). The van der Waals surface area contributed by atoms with Crippen LogP contribution in [-0.2, 0) is 0 Å². The summed E-state index contributed by atoms with van der Waals surface area (Å²) in [6, 6.07) is 18.1. The summed E-state index contributed by atoms with van der Waals surface area (Å²) >= 11 is 0. The van der Waals surface area contributed by atoms with Gasteiger partial charge in [-0.1, -0.05) is 30.3 Å². The van der Waals surface area contributed by atoms with Gasteiger partial charge in [-0.15, -0.1) is 0 Å². The van der Waals surface area contributed by atoms with E-state index in [2.05, 4.69) is 46.0 Å². The van der Waals surface area contributed by atoms with Crippen molar-refractivity contribution in [3.63, 3.8) is 0 Å². The number of aromatic nitrogens is 4. The Kier molecular flexibility index (Phi) is 5.23. The average molecular weight is 434 g/mol. The highest BCUT2D eigenvalue weighted by Crippen LogP contribution is 2.37. The summed E-state index contributed by atoms with van der Waals surface area (Å²) in [5.41, 5.74) is 8.40. The maximum absolute atomic E-state index is 9.19. The van der Waals surface area contributed by atoms with Gasteiger partial charge in [0.15, 0.2) is 0 Å². The number of nitrogens with zero attached hydrogens (tertiary/aromatic N) is 5. The van der Waals surface area contributed by atoms with E-state index < -0.39 is 0 Å². The number of rotatable bonds is 5. The van der Waals surface area contributed by atoms with Crippen LogP contribution in [0, 0.1) is 25.2 Å². The summed E-state index contributed by atoms with van der Waals surface area (Å²) in [4.78, 5) is 9.53. The van der Waals surface area contributed by atoms with Crippen LogP contribution >= 0.6 is 0 Å². The maximum Gasteiger partial charge on any atom is 0.141 e. The third-order valence-corrected chi connectivity index (χ3v) is 6.07. The van der Waals surface area contributed by atoms with Crippen LogP contribution in [0.15, 0.2) is 71.6 Å². The fourth-order valence-corrected chi connectivity index (χ4v) is 4.47. The molecule has 0 aliphatic rings. The summed E-state index contributed by atoms with van der Waals surface area (Å²) in [6.07, 6.45) is 6.75. The molecule has 33 heavy (non-hydrogen) atoms. The molecule has 0 radical (unpaired) electrons. The van der Waals surface area contributed by atoms with Crippen LogP contribution in [-0.4, -0.2) is 19.7 Å². The van der Waals surface area contributed by atoms with Crippen LogP contribution in [0.1, 0.15) is 42.1 Å². The summed E-state index contributed by atoms with van der Waals surface area (Å²) in [5, 5.41) is 13.3. The van der Waals surface area contributed by atoms with Crippen molar-refractivity contribution in [3.05, 3.63) is 89.8 Å². The Hall–Kier alpha value is -4.24. The number of hydrogen-bond donors (Lipinski definition) is 0. The van der Waals surface area contributed by atoms with Crippen molar-refractivity contribution in [1.82, 2.24) is 19.7 Å². The van der Waals surface area contributed by atoms with Gasteiger partial charge in [0.25, 0.3) is 0 Å². The monoisotopic (exact) mass is 433 g/mol. The Morgan fingerprint density at radius 3 is 2.52 bits per heavy atom. The molecule has 0 fully saturated rings. The lowest BCUT2D eigenvalue weighted by atomic mass is 10.0. The fraction of sp³-hybridized carbons (Fsp3) is 0.185. The van der Waals surface area contributed by atoms with E-state index in [1.807, 2.05) is 62.6 Å². The van der Waals surface area contributed by atoms with Crippen LogP contribution in [0.5, 0.6) is 0 Å². The molecule has 0 aliphatic heterocycles. The van der Waals surface area contributed by atoms with Gasteiger partial charge in [0.05, 0.1) is 40.1 Å². The van der Waals surface area contributed by atoms with E-state index >= 15 is 0 Å².